The Labute approximate surface area is 207 Å². The number of piperidine rings is 1. The number of amides is 2. The Morgan fingerprint density at radius 2 is 1.83 bits per heavy atom. The fraction of sp³-hybridized carbons (Fsp3) is 0.192. The Bertz CT molecular complexity index is 1360. The van der Waals surface area contributed by atoms with E-state index in [1.165, 1.54) is 0 Å². The number of hydrogen-bond acceptors (Lipinski definition) is 5. The van der Waals surface area contributed by atoms with E-state index in [0.29, 0.717) is 53.8 Å². The van der Waals surface area contributed by atoms with Gasteiger partial charge in [0.25, 0.3) is 5.91 Å². The van der Waals surface area contributed by atoms with Gasteiger partial charge in [0.15, 0.2) is 11.5 Å². The third-order valence-electron chi connectivity index (χ3n) is 6.16. The first-order chi connectivity index (χ1) is 17.0. The highest BCUT2D eigenvalue weighted by Crippen LogP contribution is 2.31. The maximum Gasteiger partial charge on any atom is 0.276 e. The van der Waals surface area contributed by atoms with Crippen molar-refractivity contribution in [3.63, 3.8) is 0 Å². The summed E-state index contributed by atoms with van der Waals surface area (Å²) in [7, 11) is 0. The molecule has 1 saturated heterocycles. The topological polar surface area (TPSA) is 106 Å². The molecular weight excluding hydrogens is 466 g/mol. The summed E-state index contributed by atoms with van der Waals surface area (Å²) in [6, 6.07) is 20.1. The highest BCUT2D eigenvalue weighted by molar-refractivity contribution is 6.30. The van der Waals surface area contributed by atoms with Crippen LogP contribution in [0.3, 0.4) is 0 Å². The first-order valence-electron chi connectivity index (χ1n) is 11.3. The van der Waals surface area contributed by atoms with Gasteiger partial charge in [0, 0.05) is 30.1 Å². The lowest BCUT2D eigenvalue weighted by Gasteiger charge is -2.33. The van der Waals surface area contributed by atoms with Gasteiger partial charge in [-0.05, 0) is 55.3 Å². The minimum Gasteiger partial charge on any atom is -0.463 e. The minimum absolute atomic E-state index is 0.108. The molecule has 178 valence electrons. The number of primary amides is 1. The average Bonchev–Trinajstić information content (AvgIpc) is 3.55. The van der Waals surface area contributed by atoms with Gasteiger partial charge in [0.1, 0.15) is 5.69 Å². The van der Waals surface area contributed by atoms with Gasteiger partial charge in [-0.25, -0.2) is 4.68 Å². The molecule has 4 aromatic rings. The number of furan rings is 1. The Balaban J connectivity index is 1.42. The fourth-order valence-corrected chi connectivity index (χ4v) is 4.53. The van der Waals surface area contributed by atoms with Crippen molar-refractivity contribution < 1.29 is 14.0 Å². The second-order valence-corrected chi connectivity index (χ2v) is 8.86. The van der Waals surface area contributed by atoms with Crippen LogP contribution in [0, 0.1) is 5.92 Å². The number of anilines is 2. The van der Waals surface area contributed by atoms with Gasteiger partial charge in [0.2, 0.25) is 5.91 Å². The highest BCUT2D eigenvalue weighted by Gasteiger charge is 2.25. The molecule has 3 N–H and O–H groups in total. The molecule has 0 aliphatic carbocycles. The number of carbonyl (C=O) groups is 2. The predicted octanol–water partition coefficient (Wildman–Crippen LogP) is 4.74. The van der Waals surface area contributed by atoms with E-state index in [1.807, 2.05) is 42.5 Å². The van der Waals surface area contributed by atoms with Crippen LogP contribution in [-0.2, 0) is 4.79 Å². The molecule has 2 amide bonds. The molecule has 8 nitrogen and oxygen atoms in total. The molecule has 0 atom stereocenters. The molecule has 35 heavy (non-hydrogen) atoms. The van der Waals surface area contributed by atoms with Crippen molar-refractivity contribution in [2.75, 3.05) is 23.3 Å². The molecule has 0 unspecified atom stereocenters. The predicted molar refractivity (Wildman–Crippen MR) is 135 cm³/mol. The number of carbonyl (C=O) groups excluding carboxylic acids is 2. The van der Waals surface area contributed by atoms with Crippen molar-refractivity contribution in [2.24, 2.45) is 11.7 Å². The SMILES string of the molecule is NC(=O)C1CCN(c2ccccc2NC(=O)c2cc(-c3ccco3)n(-c3cccc(Cl)c3)n2)CC1. The molecule has 0 radical (unpaired) electrons. The normalized spacial score (nSPS) is 14.1. The largest absolute Gasteiger partial charge is 0.463 e. The summed E-state index contributed by atoms with van der Waals surface area (Å²) in [4.78, 5) is 27.0. The van der Waals surface area contributed by atoms with E-state index >= 15 is 0 Å². The minimum atomic E-state index is -0.349. The molecule has 5 rings (SSSR count). The maximum absolute atomic E-state index is 13.3. The summed E-state index contributed by atoms with van der Waals surface area (Å²) in [5.41, 5.74) is 8.61. The molecule has 2 aromatic heterocycles. The summed E-state index contributed by atoms with van der Waals surface area (Å²) in [5.74, 6) is -0.135. The third kappa shape index (κ3) is 4.79. The molecule has 9 heteroatoms. The number of benzene rings is 2. The lowest BCUT2D eigenvalue weighted by molar-refractivity contribution is -0.122. The van der Waals surface area contributed by atoms with Crippen molar-refractivity contribution >= 4 is 34.8 Å². The van der Waals surface area contributed by atoms with Crippen LogP contribution >= 0.6 is 11.6 Å². The van der Waals surface area contributed by atoms with Gasteiger partial charge >= 0.3 is 0 Å². The standard InChI is InChI=1S/C26H24ClN5O3/c27-18-5-3-6-19(15-18)32-23(24-9-4-14-35-24)16-21(30-32)26(34)29-20-7-1-2-8-22(20)31-12-10-17(11-13-31)25(28)33/h1-9,14-17H,10-13H2,(H2,28,33)(H,29,34). The number of aromatic nitrogens is 2. The van der Waals surface area contributed by atoms with Crippen molar-refractivity contribution in [3.8, 4) is 17.1 Å². The Kier molecular flexibility index (Phi) is 6.29. The van der Waals surface area contributed by atoms with E-state index in [9.17, 15) is 9.59 Å². The Hall–Kier alpha value is -4.04. The van der Waals surface area contributed by atoms with Gasteiger partial charge in [-0.3, -0.25) is 9.59 Å². The van der Waals surface area contributed by atoms with Crippen LogP contribution in [0.2, 0.25) is 5.02 Å². The highest BCUT2D eigenvalue weighted by atomic mass is 35.5. The van der Waals surface area contributed by atoms with Crippen molar-refractivity contribution in [1.29, 1.82) is 0 Å². The smallest absolute Gasteiger partial charge is 0.276 e. The van der Waals surface area contributed by atoms with Gasteiger partial charge < -0.3 is 20.4 Å². The van der Waals surface area contributed by atoms with Gasteiger partial charge in [0.05, 0.1) is 23.3 Å². The molecule has 0 bridgehead atoms. The zero-order valence-electron chi connectivity index (χ0n) is 18.9. The van der Waals surface area contributed by atoms with Gasteiger partial charge in [-0.1, -0.05) is 29.8 Å². The molecular formula is C26H24ClN5O3. The number of para-hydroxylation sites is 2. The number of nitrogens with one attached hydrogen (secondary N) is 1. The second-order valence-electron chi connectivity index (χ2n) is 8.42. The van der Waals surface area contributed by atoms with E-state index in [1.54, 1.807) is 35.2 Å². The summed E-state index contributed by atoms with van der Waals surface area (Å²) in [5, 5.41) is 8.13. The number of nitrogens with zero attached hydrogens (tertiary/aromatic N) is 3. The third-order valence-corrected chi connectivity index (χ3v) is 6.39. The van der Waals surface area contributed by atoms with E-state index in [4.69, 9.17) is 21.8 Å². The lowest BCUT2D eigenvalue weighted by atomic mass is 9.96. The molecule has 2 aromatic carbocycles. The number of halogens is 1. The van der Waals surface area contributed by atoms with Crippen LogP contribution in [0.1, 0.15) is 23.3 Å². The number of rotatable bonds is 6. The number of nitrogens with two attached hydrogens (primary N) is 1. The van der Waals surface area contributed by atoms with Crippen molar-refractivity contribution in [2.45, 2.75) is 12.8 Å². The van der Waals surface area contributed by atoms with E-state index < -0.39 is 0 Å². The van der Waals surface area contributed by atoms with Gasteiger partial charge in [-0.15, -0.1) is 0 Å². The first-order valence-corrected chi connectivity index (χ1v) is 11.7. The summed E-state index contributed by atoms with van der Waals surface area (Å²) < 4.78 is 7.22. The zero-order chi connectivity index (χ0) is 24.4. The maximum atomic E-state index is 13.3. The monoisotopic (exact) mass is 489 g/mol. The summed E-state index contributed by atoms with van der Waals surface area (Å²) >= 11 is 6.19. The lowest BCUT2D eigenvalue weighted by Crippen LogP contribution is -2.38. The molecule has 1 fully saturated rings. The van der Waals surface area contributed by atoms with Crippen LogP contribution in [0.15, 0.2) is 77.4 Å². The molecule has 1 aliphatic heterocycles. The Morgan fingerprint density at radius 1 is 1.03 bits per heavy atom. The molecule has 1 aliphatic rings. The average molecular weight is 490 g/mol. The molecule has 0 spiro atoms. The summed E-state index contributed by atoms with van der Waals surface area (Å²) in [6.07, 6.45) is 2.95. The van der Waals surface area contributed by atoms with E-state index in [0.717, 1.165) is 5.69 Å². The van der Waals surface area contributed by atoms with Crippen LogP contribution in [0.25, 0.3) is 17.1 Å². The van der Waals surface area contributed by atoms with Crippen molar-refractivity contribution in [3.05, 3.63) is 83.7 Å². The Morgan fingerprint density at radius 3 is 2.54 bits per heavy atom. The fourth-order valence-electron chi connectivity index (χ4n) is 4.34. The van der Waals surface area contributed by atoms with Crippen molar-refractivity contribution in [1.82, 2.24) is 9.78 Å². The summed E-state index contributed by atoms with van der Waals surface area (Å²) in [6.45, 7) is 1.37. The van der Waals surface area contributed by atoms with Crippen LogP contribution in [0.4, 0.5) is 11.4 Å². The first kappa shape index (κ1) is 22.7. The quantitative estimate of drug-likeness (QED) is 0.407. The molecule has 0 saturated carbocycles. The zero-order valence-corrected chi connectivity index (χ0v) is 19.6. The van der Waals surface area contributed by atoms with Crippen LogP contribution in [-0.4, -0.2) is 34.7 Å². The number of hydrogen-bond donors (Lipinski definition) is 2. The second kappa shape index (κ2) is 9.68. The van der Waals surface area contributed by atoms with Crippen LogP contribution in [0.5, 0.6) is 0 Å². The van der Waals surface area contributed by atoms with E-state index in [2.05, 4.69) is 15.3 Å². The van der Waals surface area contributed by atoms with E-state index in [-0.39, 0.29) is 23.4 Å². The molecule has 3 heterocycles. The van der Waals surface area contributed by atoms with Gasteiger partial charge in [-0.2, -0.15) is 5.10 Å². The van der Waals surface area contributed by atoms with Crippen LogP contribution < -0.4 is 16.0 Å².